The minimum Gasteiger partial charge on any atom is -0.394 e. The maximum absolute atomic E-state index is 8.56. The zero-order valence-electron chi connectivity index (χ0n) is 22.8. The second-order valence-electron chi connectivity index (χ2n) is 7.29. The van der Waals surface area contributed by atoms with Gasteiger partial charge in [0.25, 0.3) is 0 Å². The van der Waals surface area contributed by atoms with Crippen molar-refractivity contribution in [3.05, 3.63) is 0 Å². The van der Waals surface area contributed by atoms with Crippen molar-refractivity contribution in [2.75, 3.05) is 159 Å². The fourth-order valence-corrected chi connectivity index (χ4v) is 2.46. The third-order valence-corrected chi connectivity index (χ3v) is 4.27. The smallest absolute Gasteiger partial charge is 0.105 e. The summed E-state index contributed by atoms with van der Waals surface area (Å²) in [6.07, 6.45) is 0. The highest BCUT2D eigenvalue weighted by atomic mass is 17.1. The number of aliphatic hydroxyl groups excluding tert-OH is 1. The Morgan fingerprint density at radius 1 is 0.237 bits per heavy atom. The van der Waals surface area contributed by atoms with E-state index >= 15 is 0 Å². The first kappa shape index (κ1) is 37.4. The molecule has 0 bridgehead atoms. The summed E-state index contributed by atoms with van der Waals surface area (Å²) in [5.41, 5.74) is 0. The summed E-state index contributed by atoms with van der Waals surface area (Å²) in [7, 11) is 0. The molecule has 0 aromatic carbocycles. The van der Waals surface area contributed by atoms with Crippen molar-refractivity contribution in [3.63, 3.8) is 0 Å². The van der Waals surface area contributed by atoms with Gasteiger partial charge in [0, 0.05) is 0 Å². The van der Waals surface area contributed by atoms with Crippen LogP contribution in [-0.2, 0) is 57.0 Å². The van der Waals surface area contributed by atoms with Crippen molar-refractivity contribution in [2.24, 2.45) is 0 Å². The first-order valence-electron chi connectivity index (χ1n) is 13.1. The predicted molar refractivity (Wildman–Crippen MR) is 135 cm³/mol. The van der Waals surface area contributed by atoms with E-state index in [0.717, 1.165) is 0 Å². The molecule has 0 aliphatic heterocycles. The zero-order chi connectivity index (χ0) is 27.5. The number of ether oxygens (including phenoxy) is 11. The minimum atomic E-state index is 0.0239. The van der Waals surface area contributed by atoms with E-state index in [0.29, 0.717) is 145 Å². The summed E-state index contributed by atoms with van der Waals surface area (Å²) in [6.45, 7) is 10.7. The van der Waals surface area contributed by atoms with Crippen LogP contribution in [-0.4, -0.2) is 169 Å². The quantitative estimate of drug-likeness (QED) is 0.0588. The van der Waals surface area contributed by atoms with Gasteiger partial charge in [-0.05, 0) is 0 Å². The Bertz CT molecular complexity index is 372. The Hall–Kier alpha value is -0.560. The van der Waals surface area contributed by atoms with E-state index in [1.165, 1.54) is 0 Å². The van der Waals surface area contributed by atoms with Crippen molar-refractivity contribution in [1.82, 2.24) is 0 Å². The maximum atomic E-state index is 8.56. The summed E-state index contributed by atoms with van der Waals surface area (Å²) >= 11 is 0. The van der Waals surface area contributed by atoms with Gasteiger partial charge in [0.1, 0.15) is 6.61 Å². The van der Waals surface area contributed by atoms with Crippen molar-refractivity contribution >= 4 is 0 Å². The largest absolute Gasteiger partial charge is 0.394 e. The molecule has 0 aromatic rings. The molecule has 0 atom stereocenters. The highest BCUT2D eigenvalue weighted by Gasteiger charge is 1.96. The summed E-state index contributed by atoms with van der Waals surface area (Å²) in [5.74, 6) is 0. The molecule has 230 valence electrons. The van der Waals surface area contributed by atoms with E-state index in [-0.39, 0.29) is 13.2 Å². The highest BCUT2D eigenvalue weighted by Crippen LogP contribution is 1.87. The molecule has 0 saturated carbocycles. The maximum Gasteiger partial charge on any atom is 0.105 e. The van der Waals surface area contributed by atoms with Gasteiger partial charge >= 0.3 is 0 Å². The Balaban J connectivity index is 3.01. The highest BCUT2D eigenvalue weighted by molar-refractivity contribution is 4.39. The van der Waals surface area contributed by atoms with Gasteiger partial charge in [-0.25, -0.2) is 4.89 Å². The number of rotatable bonds is 35. The summed E-state index contributed by atoms with van der Waals surface area (Å²) in [5, 5.41) is 16.7. The third kappa shape index (κ3) is 35.4. The van der Waals surface area contributed by atoms with E-state index in [2.05, 4.69) is 4.89 Å². The lowest BCUT2D eigenvalue weighted by Crippen LogP contribution is -2.15. The lowest BCUT2D eigenvalue weighted by molar-refractivity contribution is -0.249. The van der Waals surface area contributed by atoms with Gasteiger partial charge in [-0.3, -0.25) is 5.26 Å². The molecule has 0 unspecified atom stereocenters. The lowest BCUT2D eigenvalue weighted by atomic mass is 10.6. The molecule has 0 spiro atoms. The number of hydrogen-bond acceptors (Lipinski definition) is 14. The van der Waals surface area contributed by atoms with Gasteiger partial charge in [-0.15, -0.1) is 0 Å². The minimum absolute atomic E-state index is 0.0239. The van der Waals surface area contributed by atoms with Crippen LogP contribution < -0.4 is 0 Å². The summed E-state index contributed by atoms with van der Waals surface area (Å²) in [4.78, 5) is 3.88. The fraction of sp³-hybridized carbons (Fsp3) is 1.00. The molecular weight excluding hydrogens is 512 g/mol. The number of aliphatic hydroxyl groups is 1. The van der Waals surface area contributed by atoms with Crippen LogP contribution in [0.25, 0.3) is 0 Å². The summed E-state index contributed by atoms with van der Waals surface area (Å²) in [6, 6.07) is 0. The third-order valence-electron chi connectivity index (χ3n) is 4.27. The molecule has 0 saturated heterocycles. The van der Waals surface area contributed by atoms with E-state index < -0.39 is 0 Å². The van der Waals surface area contributed by atoms with Crippen LogP contribution in [0.5, 0.6) is 0 Å². The molecule has 14 heteroatoms. The molecule has 2 N–H and O–H groups in total. The molecule has 0 aromatic heterocycles. The Morgan fingerprint density at radius 3 is 0.553 bits per heavy atom. The second kappa shape index (κ2) is 36.4. The van der Waals surface area contributed by atoms with Gasteiger partial charge in [-0.1, -0.05) is 0 Å². The van der Waals surface area contributed by atoms with Crippen LogP contribution in [0.2, 0.25) is 0 Å². The van der Waals surface area contributed by atoms with Crippen LogP contribution in [0, 0.1) is 0 Å². The van der Waals surface area contributed by atoms with Crippen molar-refractivity contribution < 1.29 is 67.4 Å². The average Bonchev–Trinajstić information content (AvgIpc) is 2.93. The van der Waals surface area contributed by atoms with Crippen LogP contribution in [0.3, 0.4) is 0 Å². The topological polar surface area (TPSA) is 151 Å². The molecule has 0 radical (unpaired) electrons. The van der Waals surface area contributed by atoms with Gasteiger partial charge in [-0.2, -0.15) is 0 Å². The normalized spacial score (nSPS) is 11.5. The van der Waals surface area contributed by atoms with E-state index in [9.17, 15) is 0 Å². The Kier molecular flexibility index (Phi) is 35.9. The SMILES string of the molecule is OCCOCCOCCOCCOCCOCCOCCOCCOCCOCCOCCOCCOO. The first-order chi connectivity index (χ1) is 18.9. The van der Waals surface area contributed by atoms with Gasteiger partial charge in [0.2, 0.25) is 0 Å². The van der Waals surface area contributed by atoms with Gasteiger partial charge < -0.3 is 57.2 Å². The average molecular weight is 563 g/mol. The fourth-order valence-electron chi connectivity index (χ4n) is 2.46. The standard InChI is InChI=1S/C24H50O14/c25-1-2-27-3-4-28-5-6-29-7-8-30-9-10-31-11-12-32-13-14-33-15-16-34-17-18-35-19-20-36-21-22-37-23-24-38-26/h25-26H,1-24H2. The van der Waals surface area contributed by atoms with Gasteiger partial charge in [0.05, 0.1) is 152 Å². The molecule has 0 heterocycles. The zero-order valence-corrected chi connectivity index (χ0v) is 22.8. The molecular formula is C24H50O14. The van der Waals surface area contributed by atoms with Crippen molar-refractivity contribution in [2.45, 2.75) is 0 Å². The van der Waals surface area contributed by atoms with Gasteiger partial charge in [0.15, 0.2) is 0 Å². The molecule has 0 aliphatic carbocycles. The van der Waals surface area contributed by atoms with E-state index in [1.807, 2.05) is 0 Å². The van der Waals surface area contributed by atoms with Crippen LogP contribution in [0.4, 0.5) is 0 Å². The molecule has 38 heavy (non-hydrogen) atoms. The van der Waals surface area contributed by atoms with Crippen LogP contribution in [0.1, 0.15) is 0 Å². The predicted octanol–water partition coefficient (Wildman–Crippen LogP) is -0.349. The summed E-state index contributed by atoms with van der Waals surface area (Å²) < 4.78 is 58.7. The van der Waals surface area contributed by atoms with Crippen molar-refractivity contribution in [1.29, 1.82) is 0 Å². The second-order valence-corrected chi connectivity index (χ2v) is 7.29. The molecule has 0 rings (SSSR count). The molecule has 0 amide bonds. The van der Waals surface area contributed by atoms with Crippen molar-refractivity contribution in [3.8, 4) is 0 Å². The molecule has 0 aliphatic rings. The monoisotopic (exact) mass is 562 g/mol. The van der Waals surface area contributed by atoms with Crippen LogP contribution in [0.15, 0.2) is 0 Å². The van der Waals surface area contributed by atoms with E-state index in [1.54, 1.807) is 0 Å². The Labute approximate surface area is 226 Å². The van der Waals surface area contributed by atoms with E-state index in [4.69, 9.17) is 62.5 Å². The number of hydrogen-bond donors (Lipinski definition) is 2. The Morgan fingerprint density at radius 2 is 0.395 bits per heavy atom. The van der Waals surface area contributed by atoms with Crippen LogP contribution >= 0.6 is 0 Å². The first-order valence-corrected chi connectivity index (χ1v) is 13.1. The molecule has 14 nitrogen and oxygen atoms in total. The molecule has 0 fully saturated rings. The lowest BCUT2D eigenvalue weighted by Gasteiger charge is -2.09.